The second kappa shape index (κ2) is 7.41. The third-order valence-corrected chi connectivity index (χ3v) is 4.15. The van der Waals surface area contributed by atoms with Crippen LogP contribution >= 0.6 is 0 Å². The van der Waals surface area contributed by atoms with Gasteiger partial charge in [0.2, 0.25) is 5.91 Å². The molecule has 1 aliphatic rings. The Labute approximate surface area is 126 Å². The van der Waals surface area contributed by atoms with Crippen LogP contribution in [-0.4, -0.2) is 41.7 Å². The van der Waals surface area contributed by atoms with Crippen LogP contribution in [-0.2, 0) is 4.79 Å². The Morgan fingerprint density at radius 2 is 2.19 bits per heavy atom. The minimum Gasteiger partial charge on any atom is -0.394 e. The average Bonchev–Trinajstić information content (AvgIpc) is 2.53. The molecule has 2 heterocycles. The Balaban J connectivity index is 1.85. The molecule has 0 aromatic carbocycles. The number of amides is 1. The van der Waals surface area contributed by atoms with E-state index in [1.165, 1.54) is 0 Å². The third-order valence-electron chi connectivity index (χ3n) is 4.15. The molecule has 2 N–H and O–H groups in total. The molecule has 0 radical (unpaired) electrons. The maximum atomic E-state index is 12.2. The molecule has 1 saturated heterocycles. The summed E-state index contributed by atoms with van der Waals surface area (Å²) in [5, 5.41) is 12.1. The molecule has 0 saturated carbocycles. The number of nitrogens with zero attached hydrogens (tertiary/aromatic N) is 2. The molecule has 2 rings (SSSR count). The van der Waals surface area contributed by atoms with Crippen molar-refractivity contribution < 1.29 is 9.90 Å². The quantitative estimate of drug-likeness (QED) is 0.863. The van der Waals surface area contributed by atoms with Crippen LogP contribution in [0.3, 0.4) is 0 Å². The van der Waals surface area contributed by atoms with Crippen molar-refractivity contribution in [1.82, 2.24) is 10.3 Å². The fourth-order valence-electron chi connectivity index (χ4n) is 2.61. The predicted octanol–water partition coefficient (Wildman–Crippen LogP) is 1.49. The van der Waals surface area contributed by atoms with E-state index in [2.05, 4.69) is 21.3 Å². The van der Waals surface area contributed by atoms with Crippen LogP contribution in [0.4, 0.5) is 5.82 Å². The summed E-state index contributed by atoms with van der Waals surface area (Å²) in [5.41, 5.74) is 1.16. The zero-order valence-electron chi connectivity index (χ0n) is 12.9. The van der Waals surface area contributed by atoms with Gasteiger partial charge in [0, 0.05) is 25.2 Å². The maximum Gasteiger partial charge on any atom is 0.223 e. The largest absolute Gasteiger partial charge is 0.394 e. The molecular weight excluding hydrogens is 266 g/mol. The highest BCUT2D eigenvalue weighted by Crippen LogP contribution is 2.22. The van der Waals surface area contributed by atoms with Gasteiger partial charge in [-0.05, 0) is 37.8 Å². The van der Waals surface area contributed by atoms with Gasteiger partial charge in [0.1, 0.15) is 5.82 Å². The summed E-state index contributed by atoms with van der Waals surface area (Å²) >= 11 is 0. The number of rotatable bonds is 5. The van der Waals surface area contributed by atoms with Crippen molar-refractivity contribution in [3.8, 4) is 0 Å². The number of pyridine rings is 1. The zero-order chi connectivity index (χ0) is 15.2. The number of hydrogen-bond acceptors (Lipinski definition) is 4. The van der Waals surface area contributed by atoms with E-state index in [1.54, 1.807) is 0 Å². The fraction of sp³-hybridized carbons (Fsp3) is 0.625. The van der Waals surface area contributed by atoms with Gasteiger partial charge in [-0.25, -0.2) is 4.98 Å². The Morgan fingerprint density at radius 1 is 1.48 bits per heavy atom. The minimum absolute atomic E-state index is 0.00830. The molecule has 5 nitrogen and oxygen atoms in total. The van der Waals surface area contributed by atoms with E-state index in [9.17, 15) is 4.79 Å². The van der Waals surface area contributed by atoms with E-state index >= 15 is 0 Å². The predicted molar refractivity (Wildman–Crippen MR) is 83.2 cm³/mol. The van der Waals surface area contributed by atoms with E-state index in [0.717, 1.165) is 43.7 Å². The summed E-state index contributed by atoms with van der Waals surface area (Å²) in [4.78, 5) is 18.8. The lowest BCUT2D eigenvalue weighted by Gasteiger charge is -2.32. The molecule has 1 amide bonds. The van der Waals surface area contributed by atoms with Crippen LogP contribution in [0.1, 0.15) is 31.7 Å². The lowest BCUT2D eigenvalue weighted by Crippen LogP contribution is -2.45. The SMILES string of the molecule is CCC(CO)NC(=O)C1CCN(c2ccc(C)cn2)CC1. The van der Waals surface area contributed by atoms with Crippen molar-refractivity contribution in [1.29, 1.82) is 0 Å². The number of hydrogen-bond donors (Lipinski definition) is 2. The molecule has 1 fully saturated rings. The minimum atomic E-state index is -0.116. The van der Waals surface area contributed by atoms with E-state index in [0.29, 0.717) is 0 Å². The maximum absolute atomic E-state index is 12.2. The Bertz CT molecular complexity index is 449. The topological polar surface area (TPSA) is 65.5 Å². The van der Waals surface area contributed by atoms with Gasteiger partial charge in [0.15, 0.2) is 0 Å². The summed E-state index contributed by atoms with van der Waals surface area (Å²) in [6.07, 6.45) is 4.31. The number of piperidine rings is 1. The molecule has 5 heteroatoms. The normalized spacial score (nSPS) is 17.6. The van der Waals surface area contributed by atoms with Crippen LogP contribution in [0, 0.1) is 12.8 Å². The molecule has 21 heavy (non-hydrogen) atoms. The van der Waals surface area contributed by atoms with Crippen molar-refractivity contribution in [3.63, 3.8) is 0 Å². The number of aliphatic hydroxyl groups is 1. The standard InChI is InChI=1S/C16H25N3O2/c1-3-14(11-20)18-16(21)13-6-8-19(9-7-13)15-5-4-12(2)10-17-15/h4-5,10,13-14,20H,3,6-9,11H2,1-2H3,(H,18,21). The first-order valence-corrected chi connectivity index (χ1v) is 7.73. The highest BCUT2D eigenvalue weighted by Gasteiger charge is 2.26. The van der Waals surface area contributed by atoms with Crippen LogP contribution in [0.15, 0.2) is 18.3 Å². The molecule has 1 aromatic heterocycles. The molecule has 1 unspecified atom stereocenters. The highest BCUT2D eigenvalue weighted by molar-refractivity contribution is 5.79. The Kier molecular flexibility index (Phi) is 5.56. The molecule has 0 spiro atoms. The molecule has 1 aliphatic heterocycles. The van der Waals surface area contributed by atoms with Gasteiger partial charge >= 0.3 is 0 Å². The van der Waals surface area contributed by atoms with E-state index in [-0.39, 0.29) is 24.5 Å². The van der Waals surface area contributed by atoms with E-state index in [4.69, 9.17) is 5.11 Å². The number of nitrogens with one attached hydrogen (secondary N) is 1. The van der Waals surface area contributed by atoms with Crippen LogP contribution in [0.2, 0.25) is 0 Å². The molecule has 1 atom stereocenters. The van der Waals surface area contributed by atoms with Gasteiger partial charge in [-0.2, -0.15) is 0 Å². The smallest absolute Gasteiger partial charge is 0.223 e. The number of carbonyl (C=O) groups excluding carboxylic acids is 1. The molecule has 0 aliphatic carbocycles. The number of carbonyl (C=O) groups is 1. The monoisotopic (exact) mass is 291 g/mol. The molecule has 0 bridgehead atoms. The zero-order valence-corrected chi connectivity index (χ0v) is 12.9. The Hall–Kier alpha value is -1.62. The van der Waals surface area contributed by atoms with Gasteiger partial charge in [0.05, 0.1) is 12.6 Å². The van der Waals surface area contributed by atoms with Gasteiger partial charge in [-0.3, -0.25) is 4.79 Å². The summed E-state index contributed by atoms with van der Waals surface area (Å²) < 4.78 is 0. The average molecular weight is 291 g/mol. The Morgan fingerprint density at radius 3 is 2.71 bits per heavy atom. The van der Waals surface area contributed by atoms with Gasteiger partial charge < -0.3 is 15.3 Å². The van der Waals surface area contributed by atoms with E-state index < -0.39 is 0 Å². The van der Waals surface area contributed by atoms with Crippen molar-refractivity contribution in [2.45, 2.75) is 39.2 Å². The summed E-state index contributed by atoms with van der Waals surface area (Å²) in [7, 11) is 0. The van der Waals surface area contributed by atoms with Gasteiger partial charge in [0.25, 0.3) is 0 Å². The lowest BCUT2D eigenvalue weighted by atomic mass is 9.95. The number of aliphatic hydroxyl groups excluding tert-OH is 1. The number of aromatic nitrogens is 1. The van der Waals surface area contributed by atoms with Crippen LogP contribution in [0.5, 0.6) is 0 Å². The number of aryl methyl sites for hydroxylation is 1. The first kappa shape index (κ1) is 15.8. The van der Waals surface area contributed by atoms with Crippen molar-refractivity contribution in [2.75, 3.05) is 24.6 Å². The van der Waals surface area contributed by atoms with Gasteiger partial charge in [-0.15, -0.1) is 0 Å². The van der Waals surface area contributed by atoms with Crippen molar-refractivity contribution >= 4 is 11.7 Å². The van der Waals surface area contributed by atoms with Crippen molar-refractivity contribution in [2.24, 2.45) is 5.92 Å². The lowest BCUT2D eigenvalue weighted by molar-refractivity contribution is -0.126. The van der Waals surface area contributed by atoms with Gasteiger partial charge in [-0.1, -0.05) is 13.0 Å². The third kappa shape index (κ3) is 4.17. The summed E-state index contributed by atoms with van der Waals surface area (Å²) in [6, 6.07) is 3.98. The molecular formula is C16H25N3O2. The summed E-state index contributed by atoms with van der Waals surface area (Å²) in [5.74, 6) is 1.11. The second-order valence-corrected chi connectivity index (χ2v) is 5.75. The molecule has 116 valence electrons. The van der Waals surface area contributed by atoms with Crippen LogP contribution < -0.4 is 10.2 Å². The number of anilines is 1. The van der Waals surface area contributed by atoms with Crippen molar-refractivity contribution in [3.05, 3.63) is 23.9 Å². The first-order valence-electron chi connectivity index (χ1n) is 7.73. The van der Waals surface area contributed by atoms with Crippen LogP contribution in [0.25, 0.3) is 0 Å². The van der Waals surface area contributed by atoms with E-state index in [1.807, 2.05) is 26.1 Å². The fourth-order valence-corrected chi connectivity index (χ4v) is 2.61. The summed E-state index contributed by atoms with van der Waals surface area (Å²) in [6.45, 7) is 5.70. The molecule has 1 aromatic rings. The first-order chi connectivity index (χ1) is 10.1. The second-order valence-electron chi connectivity index (χ2n) is 5.75. The highest BCUT2D eigenvalue weighted by atomic mass is 16.3.